The van der Waals surface area contributed by atoms with Gasteiger partial charge in [0.2, 0.25) is 0 Å². The minimum atomic E-state index is -0.00614. The number of pyridine rings is 1. The molecule has 0 aliphatic carbocycles. The fraction of sp³-hybridized carbons (Fsp3) is 0.222. The van der Waals surface area contributed by atoms with E-state index >= 15 is 0 Å². The number of terminal acetylenes is 1. The summed E-state index contributed by atoms with van der Waals surface area (Å²) in [5, 5.41) is 0. The molecule has 0 radical (unpaired) electrons. The first-order chi connectivity index (χ1) is 5.65. The van der Waals surface area contributed by atoms with Crippen LogP contribution in [-0.4, -0.2) is 4.57 Å². The third-order valence-corrected chi connectivity index (χ3v) is 2.08. The molecule has 12 heavy (non-hydrogen) atoms. The highest BCUT2D eigenvalue weighted by Gasteiger charge is 1.99. The summed E-state index contributed by atoms with van der Waals surface area (Å²) in [7, 11) is 0. The Bertz CT molecular complexity index is 386. The predicted octanol–water partition coefficient (Wildman–Crippen LogP) is 1.39. The lowest BCUT2D eigenvalue weighted by Gasteiger charge is -2.02. The summed E-state index contributed by atoms with van der Waals surface area (Å²) in [6.07, 6.45) is 6.88. The number of hydrogen-bond acceptors (Lipinski definition) is 1. The summed E-state index contributed by atoms with van der Waals surface area (Å²) in [5.41, 5.74) is 0.727. The number of halogens is 1. The van der Waals surface area contributed by atoms with E-state index < -0.39 is 0 Å². The van der Waals surface area contributed by atoms with Gasteiger partial charge in [0.05, 0.1) is 6.54 Å². The lowest BCUT2D eigenvalue weighted by Crippen LogP contribution is -2.21. The van der Waals surface area contributed by atoms with Crippen LogP contribution < -0.4 is 5.56 Å². The fourth-order valence-electron chi connectivity index (χ4n) is 0.956. The normalized spacial score (nSPS) is 9.42. The minimum absolute atomic E-state index is 0.00614. The zero-order chi connectivity index (χ0) is 9.14. The van der Waals surface area contributed by atoms with Gasteiger partial charge in [0.15, 0.2) is 0 Å². The van der Waals surface area contributed by atoms with Crippen LogP contribution in [0.2, 0.25) is 0 Å². The Morgan fingerprint density at radius 1 is 1.75 bits per heavy atom. The van der Waals surface area contributed by atoms with E-state index in [1.165, 1.54) is 4.57 Å². The quantitative estimate of drug-likeness (QED) is 0.560. The van der Waals surface area contributed by atoms with Gasteiger partial charge in [-0.2, -0.15) is 0 Å². The molecule has 0 fully saturated rings. The van der Waals surface area contributed by atoms with Gasteiger partial charge in [0.25, 0.3) is 5.56 Å². The van der Waals surface area contributed by atoms with Crippen LogP contribution in [0.5, 0.6) is 0 Å². The average molecular weight is 273 g/mol. The van der Waals surface area contributed by atoms with Crippen molar-refractivity contribution in [1.82, 2.24) is 4.57 Å². The van der Waals surface area contributed by atoms with E-state index in [-0.39, 0.29) is 5.56 Å². The van der Waals surface area contributed by atoms with Crippen LogP contribution in [0.15, 0.2) is 17.1 Å². The van der Waals surface area contributed by atoms with E-state index in [1.807, 2.05) is 6.07 Å². The number of aryl methyl sites for hydroxylation is 1. The molecule has 3 heteroatoms. The van der Waals surface area contributed by atoms with Crippen molar-refractivity contribution < 1.29 is 0 Å². The lowest BCUT2D eigenvalue weighted by atomic mass is 10.3. The molecule has 0 atom stereocenters. The molecule has 2 nitrogen and oxygen atoms in total. The maximum atomic E-state index is 11.4. The summed E-state index contributed by atoms with van der Waals surface area (Å²) < 4.78 is 2.57. The molecule has 1 aromatic rings. The van der Waals surface area contributed by atoms with Crippen LogP contribution in [0.3, 0.4) is 0 Å². The molecule has 0 aliphatic heterocycles. The molecule has 0 N–H and O–H groups in total. The molecule has 0 aromatic carbocycles. The number of aromatic nitrogens is 1. The van der Waals surface area contributed by atoms with E-state index in [0.717, 1.165) is 9.13 Å². The summed E-state index contributed by atoms with van der Waals surface area (Å²) >= 11 is 2.16. The molecule has 0 unspecified atom stereocenters. The third kappa shape index (κ3) is 1.89. The molecule has 1 heterocycles. The predicted molar refractivity (Wildman–Crippen MR) is 57.0 cm³/mol. The van der Waals surface area contributed by atoms with Crippen molar-refractivity contribution in [2.24, 2.45) is 0 Å². The van der Waals surface area contributed by atoms with Crippen molar-refractivity contribution >= 4 is 22.6 Å². The van der Waals surface area contributed by atoms with Gasteiger partial charge in [0.1, 0.15) is 0 Å². The Kier molecular flexibility index (Phi) is 2.93. The van der Waals surface area contributed by atoms with Crippen molar-refractivity contribution in [2.45, 2.75) is 13.5 Å². The van der Waals surface area contributed by atoms with Crippen molar-refractivity contribution in [3.63, 3.8) is 0 Å². The monoisotopic (exact) mass is 273 g/mol. The Balaban J connectivity index is 3.30. The van der Waals surface area contributed by atoms with E-state index in [4.69, 9.17) is 6.42 Å². The van der Waals surface area contributed by atoms with Crippen LogP contribution in [0.1, 0.15) is 5.56 Å². The van der Waals surface area contributed by atoms with Gasteiger partial charge in [-0.05, 0) is 35.6 Å². The van der Waals surface area contributed by atoms with Crippen molar-refractivity contribution in [2.75, 3.05) is 0 Å². The summed E-state index contributed by atoms with van der Waals surface area (Å²) in [4.78, 5) is 11.4. The highest BCUT2D eigenvalue weighted by atomic mass is 127. The van der Waals surface area contributed by atoms with Crippen LogP contribution >= 0.6 is 22.6 Å². The highest BCUT2D eigenvalue weighted by Crippen LogP contribution is 2.02. The second-order valence-electron chi connectivity index (χ2n) is 2.48. The number of nitrogens with zero attached hydrogens (tertiary/aromatic N) is 1. The Hall–Kier alpha value is -0.760. The molecular weight excluding hydrogens is 265 g/mol. The maximum Gasteiger partial charge on any atom is 0.254 e. The molecule has 0 spiro atoms. The first kappa shape index (κ1) is 9.33. The van der Waals surface area contributed by atoms with E-state index in [9.17, 15) is 4.79 Å². The second kappa shape index (κ2) is 3.76. The maximum absolute atomic E-state index is 11.4. The molecular formula is C9H8INO. The van der Waals surface area contributed by atoms with Crippen LogP contribution in [0.25, 0.3) is 0 Å². The van der Waals surface area contributed by atoms with Crippen molar-refractivity contribution in [3.8, 4) is 12.3 Å². The highest BCUT2D eigenvalue weighted by molar-refractivity contribution is 14.1. The zero-order valence-electron chi connectivity index (χ0n) is 6.67. The van der Waals surface area contributed by atoms with Gasteiger partial charge in [0, 0.05) is 15.3 Å². The van der Waals surface area contributed by atoms with Gasteiger partial charge < -0.3 is 4.57 Å². The second-order valence-corrected chi connectivity index (χ2v) is 3.72. The third-order valence-electron chi connectivity index (χ3n) is 1.49. The average Bonchev–Trinajstić information content (AvgIpc) is 2.00. The van der Waals surface area contributed by atoms with Gasteiger partial charge in [-0.25, -0.2) is 0 Å². The first-order valence-corrected chi connectivity index (χ1v) is 4.53. The number of rotatable bonds is 1. The van der Waals surface area contributed by atoms with E-state index in [1.54, 1.807) is 13.1 Å². The molecule has 0 amide bonds. The minimum Gasteiger partial charge on any atom is -0.303 e. The van der Waals surface area contributed by atoms with E-state index in [2.05, 4.69) is 28.5 Å². The van der Waals surface area contributed by atoms with Gasteiger partial charge in [-0.1, -0.05) is 5.92 Å². The van der Waals surface area contributed by atoms with E-state index in [0.29, 0.717) is 6.54 Å². The van der Waals surface area contributed by atoms with Gasteiger partial charge in [-0.15, -0.1) is 6.42 Å². The van der Waals surface area contributed by atoms with Crippen LogP contribution in [0, 0.1) is 22.8 Å². The van der Waals surface area contributed by atoms with Crippen molar-refractivity contribution in [3.05, 3.63) is 31.8 Å². The summed E-state index contributed by atoms with van der Waals surface area (Å²) in [6, 6.07) is 1.84. The van der Waals surface area contributed by atoms with Gasteiger partial charge >= 0.3 is 0 Å². The molecule has 62 valence electrons. The summed E-state index contributed by atoms with van der Waals surface area (Å²) in [6.45, 7) is 2.13. The topological polar surface area (TPSA) is 22.0 Å². The van der Waals surface area contributed by atoms with Crippen LogP contribution in [0.4, 0.5) is 0 Å². The molecule has 1 rings (SSSR count). The van der Waals surface area contributed by atoms with Crippen molar-refractivity contribution in [1.29, 1.82) is 0 Å². The number of hydrogen-bond donors (Lipinski definition) is 0. The van der Waals surface area contributed by atoms with Crippen LogP contribution in [-0.2, 0) is 6.54 Å². The Morgan fingerprint density at radius 2 is 2.42 bits per heavy atom. The summed E-state index contributed by atoms with van der Waals surface area (Å²) in [5.74, 6) is 2.44. The Morgan fingerprint density at radius 3 is 3.00 bits per heavy atom. The fourth-order valence-corrected chi connectivity index (χ4v) is 1.76. The SMILES string of the molecule is C#CCn1cc(I)cc(C)c1=O. The van der Waals surface area contributed by atoms with Gasteiger partial charge in [-0.3, -0.25) is 4.79 Å². The molecule has 0 saturated carbocycles. The Labute approximate surface area is 84.7 Å². The largest absolute Gasteiger partial charge is 0.303 e. The lowest BCUT2D eigenvalue weighted by molar-refractivity contribution is 0.783. The molecule has 0 bridgehead atoms. The standard InChI is InChI=1S/C9H8INO/c1-3-4-11-6-8(10)5-7(2)9(11)12/h1,5-6H,4H2,2H3. The first-order valence-electron chi connectivity index (χ1n) is 3.45. The molecule has 1 aromatic heterocycles. The molecule has 0 aliphatic rings. The smallest absolute Gasteiger partial charge is 0.254 e. The molecule has 0 saturated heterocycles. The zero-order valence-corrected chi connectivity index (χ0v) is 8.83.